The van der Waals surface area contributed by atoms with E-state index in [9.17, 15) is 4.79 Å². The van der Waals surface area contributed by atoms with E-state index in [-0.39, 0.29) is 5.91 Å². The van der Waals surface area contributed by atoms with E-state index in [2.05, 4.69) is 20.9 Å². The number of carbonyl (C=O) groups is 1. The van der Waals surface area contributed by atoms with Crippen molar-refractivity contribution in [2.24, 2.45) is 0 Å². The number of hydrogen-bond acceptors (Lipinski definition) is 3. The topological polar surface area (TPSA) is 36.4 Å². The lowest BCUT2D eigenvalue weighted by atomic mass is 10.2. The first-order chi connectivity index (χ1) is 9.99. The van der Waals surface area contributed by atoms with Crippen LogP contribution in [0, 0.1) is 0 Å². The molecule has 0 saturated carbocycles. The van der Waals surface area contributed by atoms with Crippen LogP contribution in [0.1, 0.15) is 16.1 Å². The zero-order chi connectivity index (χ0) is 15.4. The molecule has 0 radical (unpaired) electrons. The summed E-state index contributed by atoms with van der Waals surface area (Å²) in [5, 5.41) is 0. The molecule has 2 aromatic rings. The van der Waals surface area contributed by atoms with Crippen molar-refractivity contribution in [3.05, 3.63) is 58.3 Å². The van der Waals surface area contributed by atoms with Crippen LogP contribution < -0.4 is 4.90 Å². The second-order valence-electron chi connectivity index (χ2n) is 5.06. The van der Waals surface area contributed by atoms with Gasteiger partial charge in [-0.25, -0.2) is 4.98 Å². The minimum atomic E-state index is -0.0980. The van der Waals surface area contributed by atoms with E-state index in [0.29, 0.717) is 16.7 Å². The van der Waals surface area contributed by atoms with Crippen molar-refractivity contribution in [2.45, 2.75) is 6.54 Å². The fraction of sp³-hybridized carbons (Fsp3) is 0.250. The first-order valence-electron chi connectivity index (χ1n) is 6.61. The summed E-state index contributed by atoms with van der Waals surface area (Å²) in [6, 6.07) is 11.8. The number of nitrogens with zero attached hydrogens (tertiary/aromatic N) is 3. The van der Waals surface area contributed by atoms with Gasteiger partial charge < -0.3 is 9.80 Å². The van der Waals surface area contributed by atoms with Gasteiger partial charge in [-0.15, -0.1) is 0 Å². The molecule has 0 fully saturated rings. The molecule has 1 aromatic carbocycles. The van der Waals surface area contributed by atoms with Crippen LogP contribution in [-0.2, 0) is 6.54 Å². The van der Waals surface area contributed by atoms with Crippen molar-refractivity contribution in [2.75, 3.05) is 26.0 Å². The zero-order valence-electron chi connectivity index (χ0n) is 12.4. The second-order valence-corrected chi connectivity index (χ2v) is 5.91. The Bertz CT molecular complexity index is 626. The minimum absolute atomic E-state index is 0.0980. The Hall–Kier alpha value is -1.88. The van der Waals surface area contributed by atoms with Crippen molar-refractivity contribution in [1.29, 1.82) is 0 Å². The molecule has 1 aromatic heterocycles. The maximum Gasteiger partial charge on any atom is 0.273 e. The molecule has 1 heterocycles. The lowest BCUT2D eigenvalue weighted by molar-refractivity contribution is 0.0778. The number of pyridine rings is 1. The predicted molar refractivity (Wildman–Crippen MR) is 88.5 cm³/mol. The summed E-state index contributed by atoms with van der Waals surface area (Å²) >= 11 is 3.36. The van der Waals surface area contributed by atoms with Gasteiger partial charge in [0.05, 0.1) is 0 Å². The van der Waals surface area contributed by atoms with Gasteiger partial charge in [-0.05, 0) is 45.8 Å². The zero-order valence-corrected chi connectivity index (χ0v) is 14.0. The summed E-state index contributed by atoms with van der Waals surface area (Å²) in [6.45, 7) is 0.551. The Balaban J connectivity index is 2.09. The number of carbonyl (C=O) groups excluding carboxylic acids is 1. The normalized spacial score (nSPS) is 10.3. The Labute approximate surface area is 133 Å². The van der Waals surface area contributed by atoms with Crippen molar-refractivity contribution < 1.29 is 4.79 Å². The number of amides is 1. The van der Waals surface area contributed by atoms with E-state index in [1.807, 2.05) is 49.3 Å². The molecule has 0 spiro atoms. The summed E-state index contributed by atoms with van der Waals surface area (Å²) in [7, 11) is 5.79. The third-order valence-electron chi connectivity index (χ3n) is 3.18. The first-order valence-corrected chi connectivity index (χ1v) is 7.40. The van der Waals surface area contributed by atoms with E-state index >= 15 is 0 Å². The van der Waals surface area contributed by atoms with Crippen LogP contribution >= 0.6 is 15.9 Å². The summed E-state index contributed by atoms with van der Waals surface area (Å²) in [5.74, 6) is -0.0980. The summed E-state index contributed by atoms with van der Waals surface area (Å²) < 4.78 is 0.713. The van der Waals surface area contributed by atoms with Gasteiger partial charge in [0.15, 0.2) is 0 Å². The van der Waals surface area contributed by atoms with Gasteiger partial charge in [0.2, 0.25) is 0 Å². The van der Waals surface area contributed by atoms with Crippen molar-refractivity contribution in [1.82, 2.24) is 9.88 Å². The Morgan fingerprint density at radius 1 is 1.14 bits per heavy atom. The van der Waals surface area contributed by atoms with Crippen LogP contribution in [0.2, 0.25) is 0 Å². The average Bonchev–Trinajstić information content (AvgIpc) is 2.47. The van der Waals surface area contributed by atoms with Gasteiger partial charge in [-0.2, -0.15) is 0 Å². The highest BCUT2D eigenvalue weighted by Crippen LogP contribution is 2.17. The van der Waals surface area contributed by atoms with Gasteiger partial charge in [-0.3, -0.25) is 4.79 Å². The van der Waals surface area contributed by atoms with Crippen molar-refractivity contribution in [3.8, 4) is 0 Å². The summed E-state index contributed by atoms with van der Waals surface area (Å²) in [4.78, 5) is 20.2. The number of aromatic nitrogens is 1. The third-order valence-corrected chi connectivity index (χ3v) is 3.82. The van der Waals surface area contributed by atoms with Gasteiger partial charge in [-0.1, -0.05) is 12.1 Å². The lowest BCUT2D eigenvalue weighted by Gasteiger charge is -2.18. The van der Waals surface area contributed by atoms with Crippen LogP contribution in [0.25, 0.3) is 0 Å². The van der Waals surface area contributed by atoms with E-state index in [1.165, 1.54) is 0 Å². The second kappa shape index (κ2) is 6.72. The molecule has 4 nitrogen and oxygen atoms in total. The Kier molecular flexibility index (Phi) is 4.96. The number of halogens is 1. The first kappa shape index (κ1) is 15.5. The SMILES string of the molecule is CN(Cc1ccc(N(C)C)cc1)C(=O)c1ncccc1Br. The molecule has 0 aliphatic heterocycles. The molecule has 0 bridgehead atoms. The minimum Gasteiger partial charge on any atom is -0.378 e. The average molecular weight is 348 g/mol. The standard InChI is InChI=1S/C16H18BrN3O/c1-19(2)13-8-6-12(7-9-13)11-20(3)16(21)15-14(17)5-4-10-18-15/h4-10H,11H2,1-3H3. The maximum absolute atomic E-state index is 12.4. The molecule has 0 atom stereocenters. The molecule has 0 aliphatic rings. The van der Waals surface area contributed by atoms with Crippen LogP contribution in [0.3, 0.4) is 0 Å². The predicted octanol–water partition coefficient (Wildman–Crippen LogP) is 3.18. The fourth-order valence-electron chi connectivity index (χ4n) is 1.97. The number of anilines is 1. The maximum atomic E-state index is 12.4. The Morgan fingerprint density at radius 2 is 1.81 bits per heavy atom. The molecule has 2 rings (SSSR count). The molecule has 21 heavy (non-hydrogen) atoms. The summed E-state index contributed by atoms with van der Waals surface area (Å²) in [5.41, 5.74) is 2.66. The smallest absolute Gasteiger partial charge is 0.273 e. The molecular formula is C16H18BrN3O. The molecule has 0 unspecified atom stereocenters. The van der Waals surface area contributed by atoms with Gasteiger partial charge in [0.1, 0.15) is 5.69 Å². The van der Waals surface area contributed by atoms with Gasteiger partial charge in [0, 0.05) is 44.0 Å². The fourth-order valence-corrected chi connectivity index (χ4v) is 2.39. The van der Waals surface area contributed by atoms with E-state index < -0.39 is 0 Å². The number of benzene rings is 1. The molecule has 110 valence electrons. The Morgan fingerprint density at radius 3 is 2.38 bits per heavy atom. The van der Waals surface area contributed by atoms with Gasteiger partial charge in [0.25, 0.3) is 5.91 Å². The van der Waals surface area contributed by atoms with Crippen LogP contribution in [0.4, 0.5) is 5.69 Å². The van der Waals surface area contributed by atoms with E-state index in [1.54, 1.807) is 24.2 Å². The summed E-state index contributed by atoms with van der Waals surface area (Å²) in [6.07, 6.45) is 1.62. The van der Waals surface area contributed by atoms with E-state index in [0.717, 1.165) is 11.3 Å². The molecule has 0 saturated heterocycles. The van der Waals surface area contributed by atoms with Crippen LogP contribution in [0.5, 0.6) is 0 Å². The van der Waals surface area contributed by atoms with Crippen molar-refractivity contribution >= 4 is 27.5 Å². The van der Waals surface area contributed by atoms with Gasteiger partial charge >= 0.3 is 0 Å². The highest BCUT2D eigenvalue weighted by molar-refractivity contribution is 9.10. The van der Waals surface area contributed by atoms with Crippen LogP contribution in [-0.4, -0.2) is 36.9 Å². The molecule has 1 amide bonds. The molecule has 0 aliphatic carbocycles. The molecule has 5 heteroatoms. The number of rotatable bonds is 4. The highest BCUT2D eigenvalue weighted by atomic mass is 79.9. The largest absolute Gasteiger partial charge is 0.378 e. The quantitative estimate of drug-likeness (QED) is 0.852. The third kappa shape index (κ3) is 3.82. The van der Waals surface area contributed by atoms with Crippen molar-refractivity contribution in [3.63, 3.8) is 0 Å². The highest BCUT2D eigenvalue weighted by Gasteiger charge is 2.16. The van der Waals surface area contributed by atoms with E-state index in [4.69, 9.17) is 0 Å². The number of hydrogen-bond donors (Lipinski definition) is 0. The molecular weight excluding hydrogens is 330 g/mol. The molecule has 0 N–H and O–H groups in total. The lowest BCUT2D eigenvalue weighted by Crippen LogP contribution is -2.27. The monoisotopic (exact) mass is 347 g/mol. The van der Waals surface area contributed by atoms with Crippen LogP contribution in [0.15, 0.2) is 47.1 Å².